The summed E-state index contributed by atoms with van der Waals surface area (Å²) in [7, 11) is 1.70. The van der Waals surface area contributed by atoms with Crippen molar-refractivity contribution >= 4 is 28.4 Å². The SMILES string of the molecule is CCCCCCCC(I)C(=O)C1(COC)c2ccccc2-c2ccccc21. The van der Waals surface area contributed by atoms with Crippen LogP contribution < -0.4 is 0 Å². The predicted molar refractivity (Wildman–Crippen MR) is 121 cm³/mol. The highest BCUT2D eigenvalue weighted by Crippen LogP contribution is 2.50. The highest BCUT2D eigenvalue weighted by Gasteiger charge is 2.50. The molecule has 0 saturated heterocycles. The molecule has 1 unspecified atom stereocenters. The van der Waals surface area contributed by atoms with E-state index in [0.29, 0.717) is 6.61 Å². The molecule has 0 N–H and O–H groups in total. The number of alkyl halides is 1. The van der Waals surface area contributed by atoms with Crippen LogP contribution in [0.1, 0.15) is 56.6 Å². The number of halogens is 1. The zero-order chi connectivity index (χ0) is 19.3. The van der Waals surface area contributed by atoms with Crippen LogP contribution in [-0.2, 0) is 14.9 Å². The van der Waals surface area contributed by atoms with E-state index in [1.54, 1.807) is 7.11 Å². The Morgan fingerprint density at radius 1 is 0.963 bits per heavy atom. The monoisotopic (exact) mass is 476 g/mol. The summed E-state index contributed by atoms with van der Waals surface area (Å²) in [4.78, 5) is 13.8. The molecule has 0 spiro atoms. The van der Waals surface area contributed by atoms with Crippen molar-refractivity contribution in [1.82, 2.24) is 0 Å². The number of carbonyl (C=O) groups is 1. The quantitative estimate of drug-likeness (QED) is 0.228. The minimum absolute atomic E-state index is 0.00131. The molecule has 0 saturated carbocycles. The van der Waals surface area contributed by atoms with Crippen LogP contribution >= 0.6 is 22.6 Å². The summed E-state index contributed by atoms with van der Waals surface area (Å²) in [5, 5.41) is 0. The van der Waals surface area contributed by atoms with E-state index in [2.05, 4.69) is 65.9 Å². The highest BCUT2D eigenvalue weighted by atomic mass is 127. The number of ketones is 1. The minimum atomic E-state index is -0.683. The van der Waals surface area contributed by atoms with Crippen LogP contribution in [0, 0.1) is 0 Å². The number of methoxy groups -OCH3 is 1. The van der Waals surface area contributed by atoms with E-state index in [1.807, 2.05) is 12.1 Å². The molecule has 2 nitrogen and oxygen atoms in total. The van der Waals surface area contributed by atoms with Gasteiger partial charge in [-0.1, -0.05) is 110 Å². The molecule has 0 aromatic heterocycles. The predicted octanol–water partition coefficient (Wildman–Crippen LogP) is 6.33. The number of benzene rings is 2. The smallest absolute Gasteiger partial charge is 0.162 e. The Bertz CT molecular complexity index is 738. The van der Waals surface area contributed by atoms with Crippen molar-refractivity contribution in [1.29, 1.82) is 0 Å². The maximum absolute atomic E-state index is 13.8. The van der Waals surface area contributed by atoms with Crippen LogP contribution in [0.25, 0.3) is 11.1 Å². The zero-order valence-electron chi connectivity index (χ0n) is 16.3. The van der Waals surface area contributed by atoms with Crippen molar-refractivity contribution in [2.24, 2.45) is 0 Å². The van der Waals surface area contributed by atoms with Crippen molar-refractivity contribution < 1.29 is 9.53 Å². The lowest BCUT2D eigenvalue weighted by Crippen LogP contribution is -2.44. The van der Waals surface area contributed by atoms with Gasteiger partial charge in [0, 0.05) is 7.11 Å². The molecule has 0 aliphatic heterocycles. The van der Waals surface area contributed by atoms with Gasteiger partial charge in [0.25, 0.3) is 0 Å². The van der Waals surface area contributed by atoms with E-state index in [4.69, 9.17) is 4.74 Å². The number of hydrogen-bond donors (Lipinski definition) is 0. The van der Waals surface area contributed by atoms with Crippen molar-refractivity contribution in [2.75, 3.05) is 13.7 Å². The molecule has 2 aromatic carbocycles. The van der Waals surface area contributed by atoms with Gasteiger partial charge >= 0.3 is 0 Å². The number of Topliss-reactive ketones (excluding diaryl/α,β-unsaturated/α-hetero) is 1. The summed E-state index contributed by atoms with van der Waals surface area (Å²) in [6.07, 6.45) is 7.07. The lowest BCUT2D eigenvalue weighted by molar-refractivity contribution is -0.124. The first-order chi connectivity index (χ1) is 13.2. The van der Waals surface area contributed by atoms with Gasteiger partial charge in [-0.2, -0.15) is 0 Å². The van der Waals surface area contributed by atoms with E-state index in [0.717, 1.165) is 24.0 Å². The molecule has 3 rings (SSSR count). The van der Waals surface area contributed by atoms with Crippen LogP contribution in [-0.4, -0.2) is 23.4 Å². The van der Waals surface area contributed by atoms with Crippen LogP contribution in [0.3, 0.4) is 0 Å². The summed E-state index contributed by atoms with van der Waals surface area (Å²) >= 11 is 2.36. The third kappa shape index (κ3) is 3.86. The average molecular weight is 476 g/mol. The van der Waals surface area contributed by atoms with E-state index in [-0.39, 0.29) is 9.71 Å². The second kappa shape index (κ2) is 9.33. The third-order valence-corrected chi connectivity index (χ3v) is 6.88. The van der Waals surface area contributed by atoms with Gasteiger partial charge in [-0.25, -0.2) is 0 Å². The van der Waals surface area contributed by atoms with Gasteiger partial charge < -0.3 is 4.74 Å². The number of ether oxygens (including phenoxy) is 1. The first kappa shape index (κ1) is 20.5. The van der Waals surface area contributed by atoms with Crippen molar-refractivity contribution in [3.8, 4) is 11.1 Å². The van der Waals surface area contributed by atoms with Crippen LogP contribution in [0.2, 0.25) is 0 Å². The van der Waals surface area contributed by atoms with Crippen LogP contribution in [0.15, 0.2) is 48.5 Å². The van der Waals surface area contributed by atoms with E-state index in [9.17, 15) is 4.79 Å². The van der Waals surface area contributed by atoms with E-state index < -0.39 is 5.41 Å². The van der Waals surface area contributed by atoms with Gasteiger partial charge in [-0.3, -0.25) is 4.79 Å². The summed E-state index contributed by atoms with van der Waals surface area (Å²) < 4.78 is 5.65. The van der Waals surface area contributed by atoms with Gasteiger partial charge in [0.05, 0.1) is 10.5 Å². The summed E-state index contributed by atoms with van der Waals surface area (Å²) in [6.45, 7) is 2.63. The Kier molecular flexibility index (Phi) is 7.10. The molecule has 144 valence electrons. The fourth-order valence-corrected chi connectivity index (χ4v) is 5.33. The first-order valence-electron chi connectivity index (χ1n) is 10.0. The van der Waals surface area contributed by atoms with Crippen LogP contribution in [0.4, 0.5) is 0 Å². The topological polar surface area (TPSA) is 26.3 Å². The molecule has 1 aliphatic carbocycles. The number of fused-ring (bicyclic) bond motifs is 3. The number of carbonyl (C=O) groups excluding carboxylic acids is 1. The number of unbranched alkanes of at least 4 members (excludes halogenated alkanes) is 4. The Morgan fingerprint density at radius 3 is 2.07 bits per heavy atom. The molecule has 1 atom stereocenters. The first-order valence-corrected chi connectivity index (χ1v) is 11.3. The molecular weight excluding hydrogens is 447 g/mol. The van der Waals surface area contributed by atoms with Gasteiger partial charge in [0.15, 0.2) is 5.78 Å². The van der Waals surface area contributed by atoms with Crippen molar-refractivity contribution in [2.45, 2.75) is 54.8 Å². The molecule has 0 heterocycles. The van der Waals surface area contributed by atoms with Gasteiger partial charge in [0.2, 0.25) is 0 Å². The molecule has 0 fully saturated rings. The largest absolute Gasteiger partial charge is 0.383 e. The molecule has 27 heavy (non-hydrogen) atoms. The molecule has 0 bridgehead atoms. The average Bonchev–Trinajstić information content (AvgIpc) is 2.99. The van der Waals surface area contributed by atoms with Crippen molar-refractivity contribution in [3.63, 3.8) is 0 Å². The fourth-order valence-electron chi connectivity index (χ4n) is 4.36. The number of rotatable bonds is 10. The normalized spacial score (nSPS) is 15.2. The van der Waals surface area contributed by atoms with E-state index in [1.165, 1.54) is 36.8 Å². The third-order valence-electron chi connectivity index (χ3n) is 5.69. The highest BCUT2D eigenvalue weighted by molar-refractivity contribution is 14.1. The summed E-state index contributed by atoms with van der Waals surface area (Å²) in [5.41, 5.74) is 3.86. The maximum atomic E-state index is 13.8. The summed E-state index contributed by atoms with van der Waals surface area (Å²) in [6, 6.07) is 16.7. The molecule has 3 heteroatoms. The van der Waals surface area contributed by atoms with Crippen molar-refractivity contribution in [3.05, 3.63) is 59.7 Å². The Morgan fingerprint density at radius 2 is 1.52 bits per heavy atom. The Labute approximate surface area is 176 Å². The molecule has 0 radical (unpaired) electrons. The summed E-state index contributed by atoms with van der Waals surface area (Å²) in [5.74, 6) is 0.290. The molecule has 1 aliphatic rings. The lowest BCUT2D eigenvalue weighted by atomic mass is 9.73. The minimum Gasteiger partial charge on any atom is -0.383 e. The van der Waals surface area contributed by atoms with Crippen LogP contribution in [0.5, 0.6) is 0 Å². The second-order valence-corrected chi connectivity index (χ2v) is 8.97. The molecule has 2 aromatic rings. The molecular formula is C24H29IO2. The number of hydrogen-bond acceptors (Lipinski definition) is 2. The maximum Gasteiger partial charge on any atom is 0.162 e. The fraction of sp³-hybridized carbons (Fsp3) is 0.458. The van der Waals surface area contributed by atoms with Gasteiger partial charge in [0.1, 0.15) is 5.41 Å². The van der Waals surface area contributed by atoms with E-state index >= 15 is 0 Å². The Hall–Kier alpha value is -1.20. The standard InChI is InChI=1S/C24H29IO2/c1-3-4-5-6-7-16-22(25)23(26)24(17-27-2)20-14-10-8-12-18(20)19-13-9-11-15-21(19)24/h8-15,22H,3-7,16-17H2,1-2H3. The van der Waals surface area contributed by atoms with Gasteiger partial charge in [-0.05, 0) is 28.7 Å². The molecule has 0 amide bonds. The zero-order valence-corrected chi connectivity index (χ0v) is 18.5. The lowest BCUT2D eigenvalue weighted by Gasteiger charge is -2.32. The second-order valence-electron chi connectivity index (χ2n) is 7.46. The van der Waals surface area contributed by atoms with Gasteiger partial charge in [-0.15, -0.1) is 0 Å². The Balaban J connectivity index is 1.93.